The predicted molar refractivity (Wildman–Crippen MR) is 87.8 cm³/mol. The molecule has 0 bridgehead atoms. The molecule has 1 aromatic heterocycles. The quantitative estimate of drug-likeness (QED) is 0.648. The Balaban J connectivity index is 1.93. The SMILES string of the molecule is C=CNC(=NC1CCCCC1)c1c(C)sc2c1CCC2. The van der Waals surface area contributed by atoms with Crippen LogP contribution in [0, 0.1) is 6.92 Å². The number of amidine groups is 1. The molecule has 3 rings (SSSR count). The van der Waals surface area contributed by atoms with Gasteiger partial charge >= 0.3 is 0 Å². The number of nitrogens with zero attached hydrogens (tertiary/aromatic N) is 1. The van der Waals surface area contributed by atoms with Crippen molar-refractivity contribution in [2.45, 2.75) is 64.3 Å². The van der Waals surface area contributed by atoms with E-state index in [-0.39, 0.29) is 0 Å². The average molecular weight is 288 g/mol. The number of hydrogen-bond donors (Lipinski definition) is 1. The molecule has 1 saturated carbocycles. The second-order valence-corrected chi connectivity index (χ2v) is 7.22. The topological polar surface area (TPSA) is 24.4 Å². The lowest BCUT2D eigenvalue weighted by atomic mass is 9.96. The van der Waals surface area contributed by atoms with Gasteiger partial charge in [0.1, 0.15) is 5.84 Å². The van der Waals surface area contributed by atoms with Crippen molar-refractivity contribution < 1.29 is 0 Å². The first-order chi connectivity index (χ1) is 9.79. The molecule has 0 radical (unpaired) electrons. The fourth-order valence-electron chi connectivity index (χ4n) is 3.51. The predicted octanol–water partition coefficient (Wildman–Crippen LogP) is 4.36. The minimum Gasteiger partial charge on any atom is -0.347 e. The van der Waals surface area contributed by atoms with Crippen molar-refractivity contribution in [1.82, 2.24) is 5.32 Å². The van der Waals surface area contributed by atoms with Gasteiger partial charge in [-0.2, -0.15) is 0 Å². The van der Waals surface area contributed by atoms with Crippen LogP contribution in [0.5, 0.6) is 0 Å². The molecule has 2 nitrogen and oxygen atoms in total. The van der Waals surface area contributed by atoms with Gasteiger partial charge in [0.15, 0.2) is 0 Å². The van der Waals surface area contributed by atoms with Gasteiger partial charge in [-0.1, -0.05) is 25.8 Å². The van der Waals surface area contributed by atoms with Crippen molar-refractivity contribution >= 4 is 17.2 Å². The van der Waals surface area contributed by atoms with E-state index in [1.54, 1.807) is 16.6 Å². The Bertz CT molecular complexity index is 521. The number of thiophene rings is 1. The van der Waals surface area contributed by atoms with E-state index in [0.29, 0.717) is 6.04 Å². The summed E-state index contributed by atoms with van der Waals surface area (Å²) >= 11 is 1.96. The highest BCUT2D eigenvalue weighted by atomic mass is 32.1. The molecule has 1 aromatic rings. The third kappa shape index (κ3) is 2.69. The van der Waals surface area contributed by atoms with Crippen LogP contribution in [0.15, 0.2) is 17.8 Å². The van der Waals surface area contributed by atoms with Crippen molar-refractivity contribution in [3.05, 3.63) is 33.7 Å². The highest BCUT2D eigenvalue weighted by Gasteiger charge is 2.24. The zero-order valence-electron chi connectivity index (χ0n) is 12.4. The van der Waals surface area contributed by atoms with E-state index in [2.05, 4.69) is 18.8 Å². The standard InChI is InChI=1S/C17H24N2S/c1-3-18-17(19-13-8-5-4-6-9-13)16-12(2)20-15-11-7-10-14(15)16/h3,13H,1,4-11H2,2H3,(H,18,19). The lowest BCUT2D eigenvalue weighted by Crippen LogP contribution is -2.24. The largest absolute Gasteiger partial charge is 0.347 e. The fourth-order valence-corrected chi connectivity index (χ4v) is 4.78. The highest BCUT2D eigenvalue weighted by molar-refractivity contribution is 7.12. The van der Waals surface area contributed by atoms with Crippen molar-refractivity contribution in [1.29, 1.82) is 0 Å². The van der Waals surface area contributed by atoms with Crippen LogP contribution in [-0.4, -0.2) is 11.9 Å². The molecule has 0 spiro atoms. The maximum atomic E-state index is 5.05. The first-order valence-electron chi connectivity index (χ1n) is 7.86. The summed E-state index contributed by atoms with van der Waals surface area (Å²) in [6.45, 7) is 6.07. The molecule has 1 N–H and O–H groups in total. The summed E-state index contributed by atoms with van der Waals surface area (Å²) in [4.78, 5) is 8.05. The first-order valence-corrected chi connectivity index (χ1v) is 8.68. The molecule has 1 fully saturated rings. The number of hydrogen-bond acceptors (Lipinski definition) is 2. The Labute approximate surface area is 126 Å². The maximum Gasteiger partial charge on any atom is 0.133 e. The Hall–Kier alpha value is -1.09. The zero-order valence-corrected chi connectivity index (χ0v) is 13.2. The van der Waals surface area contributed by atoms with Gasteiger partial charge in [0.2, 0.25) is 0 Å². The smallest absolute Gasteiger partial charge is 0.133 e. The lowest BCUT2D eigenvalue weighted by molar-refractivity contribution is 0.443. The van der Waals surface area contributed by atoms with Crippen molar-refractivity contribution in [3.63, 3.8) is 0 Å². The lowest BCUT2D eigenvalue weighted by Gasteiger charge is -2.20. The molecule has 0 unspecified atom stereocenters. The first kappa shape index (κ1) is 13.9. The summed E-state index contributed by atoms with van der Waals surface area (Å²) in [6, 6.07) is 0.502. The van der Waals surface area contributed by atoms with E-state index < -0.39 is 0 Å². The second-order valence-electron chi connectivity index (χ2n) is 5.91. The Morgan fingerprint density at radius 2 is 2.05 bits per heavy atom. The minimum absolute atomic E-state index is 0.502. The Kier molecular flexibility index (Phi) is 4.25. The summed E-state index contributed by atoms with van der Waals surface area (Å²) in [5.74, 6) is 1.07. The number of rotatable bonds is 3. The molecule has 2 aliphatic rings. The molecule has 0 aliphatic heterocycles. The average Bonchev–Trinajstić information content (AvgIpc) is 2.99. The van der Waals surface area contributed by atoms with Crippen LogP contribution in [0.25, 0.3) is 0 Å². The number of fused-ring (bicyclic) bond motifs is 1. The number of nitrogens with one attached hydrogen (secondary N) is 1. The van der Waals surface area contributed by atoms with Crippen molar-refractivity contribution in [3.8, 4) is 0 Å². The van der Waals surface area contributed by atoms with Crippen LogP contribution < -0.4 is 5.32 Å². The third-order valence-electron chi connectivity index (χ3n) is 4.46. The molecule has 1 heterocycles. The zero-order chi connectivity index (χ0) is 13.9. The molecule has 2 aliphatic carbocycles. The fraction of sp³-hybridized carbons (Fsp3) is 0.588. The van der Waals surface area contributed by atoms with Crippen LogP contribution in [0.3, 0.4) is 0 Å². The summed E-state index contributed by atoms with van der Waals surface area (Å²) in [5, 5.41) is 3.32. The molecular weight excluding hydrogens is 264 g/mol. The Morgan fingerprint density at radius 1 is 1.25 bits per heavy atom. The van der Waals surface area contributed by atoms with Gasteiger partial charge in [-0.3, -0.25) is 4.99 Å². The summed E-state index contributed by atoms with van der Waals surface area (Å²) in [6.07, 6.45) is 12.1. The Morgan fingerprint density at radius 3 is 2.80 bits per heavy atom. The van der Waals surface area contributed by atoms with E-state index in [1.807, 2.05) is 11.3 Å². The highest BCUT2D eigenvalue weighted by Crippen LogP contribution is 2.35. The molecule has 0 atom stereocenters. The maximum absolute atomic E-state index is 5.05. The van der Waals surface area contributed by atoms with Crippen molar-refractivity contribution in [2.75, 3.05) is 0 Å². The third-order valence-corrected chi connectivity index (χ3v) is 5.67. The molecular formula is C17H24N2S. The normalized spacial score (nSPS) is 19.9. The van der Waals surface area contributed by atoms with Crippen LogP contribution in [-0.2, 0) is 12.8 Å². The minimum atomic E-state index is 0.502. The molecule has 3 heteroatoms. The van der Waals surface area contributed by atoms with Crippen molar-refractivity contribution in [2.24, 2.45) is 4.99 Å². The van der Waals surface area contributed by atoms with Gasteiger partial charge in [0.05, 0.1) is 6.04 Å². The van der Waals surface area contributed by atoms with Crippen LogP contribution >= 0.6 is 11.3 Å². The molecule has 0 saturated heterocycles. The van der Waals surface area contributed by atoms with E-state index in [9.17, 15) is 0 Å². The molecule has 20 heavy (non-hydrogen) atoms. The van der Waals surface area contributed by atoms with Crippen LogP contribution in [0.4, 0.5) is 0 Å². The molecule has 108 valence electrons. The number of aryl methyl sites for hydroxylation is 2. The van der Waals surface area contributed by atoms with Gasteiger partial charge in [-0.15, -0.1) is 11.3 Å². The summed E-state index contributed by atoms with van der Waals surface area (Å²) < 4.78 is 0. The monoisotopic (exact) mass is 288 g/mol. The van der Waals surface area contributed by atoms with Crippen LogP contribution in [0.2, 0.25) is 0 Å². The van der Waals surface area contributed by atoms with E-state index in [1.165, 1.54) is 61.8 Å². The summed E-state index contributed by atoms with van der Waals surface area (Å²) in [7, 11) is 0. The van der Waals surface area contributed by atoms with Gasteiger partial charge in [0, 0.05) is 15.3 Å². The van der Waals surface area contributed by atoms with E-state index in [0.717, 1.165) is 5.84 Å². The van der Waals surface area contributed by atoms with Crippen LogP contribution in [0.1, 0.15) is 59.4 Å². The molecule has 0 aromatic carbocycles. The van der Waals surface area contributed by atoms with E-state index in [4.69, 9.17) is 4.99 Å². The molecule has 0 amide bonds. The second kappa shape index (κ2) is 6.13. The number of aliphatic imine (C=N–C) groups is 1. The van der Waals surface area contributed by atoms with Gasteiger partial charge in [-0.05, 0) is 50.8 Å². The van der Waals surface area contributed by atoms with E-state index >= 15 is 0 Å². The van der Waals surface area contributed by atoms with Gasteiger partial charge < -0.3 is 5.32 Å². The van der Waals surface area contributed by atoms with Gasteiger partial charge in [0.25, 0.3) is 0 Å². The van der Waals surface area contributed by atoms with Gasteiger partial charge in [-0.25, -0.2) is 0 Å². The summed E-state index contributed by atoms with van der Waals surface area (Å²) in [5.41, 5.74) is 2.93.